The van der Waals surface area contributed by atoms with Gasteiger partial charge in [-0.3, -0.25) is 14.7 Å². The van der Waals surface area contributed by atoms with Gasteiger partial charge in [-0.1, -0.05) is 68.5 Å². The fraction of sp³-hybridized carbons (Fsp3) is 0.448. The average molecular weight is 992 g/mol. The van der Waals surface area contributed by atoms with E-state index in [0.29, 0.717) is 36.5 Å². The number of rotatable bonds is 13. The number of halogens is 1. The first-order valence-corrected chi connectivity index (χ1v) is 26.2. The summed E-state index contributed by atoms with van der Waals surface area (Å²) in [6.45, 7) is 18.5. The zero-order valence-electron chi connectivity index (χ0n) is 42.5. The van der Waals surface area contributed by atoms with Crippen molar-refractivity contribution >= 4 is 33.9 Å². The van der Waals surface area contributed by atoms with Crippen LogP contribution < -0.4 is 15.4 Å². The van der Waals surface area contributed by atoms with Crippen LogP contribution in [0.2, 0.25) is 0 Å². The average Bonchev–Trinajstić information content (AvgIpc) is 4.08. The Morgan fingerprint density at radius 1 is 0.863 bits per heavy atom. The zero-order chi connectivity index (χ0) is 50.8. The number of nitrogens with zero attached hydrogens (tertiary/aromatic N) is 8. The highest BCUT2D eigenvalue weighted by molar-refractivity contribution is 6.00. The Labute approximate surface area is 427 Å². The van der Waals surface area contributed by atoms with Crippen molar-refractivity contribution in [3.8, 4) is 34.5 Å². The topological polar surface area (TPSA) is 168 Å². The smallest absolute Gasteiger partial charge is 0.319 e. The molecule has 5 aliphatic rings. The highest BCUT2D eigenvalue weighted by Crippen LogP contribution is 2.47. The van der Waals surface area contributed by atoms with Crippen molar-refractivity contribution in [2.75, 3.05) is 77.0 Å². The Kier molecular flexibility index (Phi) is 14.8. The van der Waals surface area contributed by atoms with Gasteiger partial charge in [0.1, 0.15) is 34.3 Å². The maximum Gasteiger partial charge on any atom is 0.319 e. The summed E-state index contributed by atoms with van der Waals surface area (Å²) in [6.07, 6.45) is 12.1. The Bertz CT molecular complexity index is 2980. The van der Waals surface area contributed by atoms with Crippen molar-refractivity contribution in [3.05, 3.63) is 119 Å². The Hall–Kier alpha value is -6.39. The minimum absolute atomic E-state index is 0.0241. The van der Waals surface area contributed by atoms with Crippen molar-refractivity contribution in [2.45, 2.75) is 84.5 Å². The summed E-state index contributed by atoms with van der Waals surface area (Å²) in [5.74, 6) is 1.35. The van der Waals surface area contributed by atoms with Crippen LogP contribution in [0.5, 0.6) is 23.3 Å². The van der Waals surface area contributed by atoms with E-state index in [1.807, 2.05) is 56.0 Å². The molecule has 6 heterocycles. The van der Waals surface area contributed by atoms with Crippen LogP contribution in [0, 0.1) is 24.1 Å². The molecule has 0 spiro atoms. The van der Waals surface area contributed by atoms with E-state index >= 15 is 4.39 Å². The van der Waals surface area contributed by atoms with Gasteiger partial charge < -0.3 is 45.4 Å². The molecule has 0 bridgehead atoms. The summed E-state index contributed by atoms with van der Waals surface area (Å²) >= 11 is 0. The molecule has 3 fully saturated rings. The van der Waals surface area contributed by atoms with Crippen LogP contribution in [0.4, 0.5) is 10.2 Å². The van der Waals surface area contributed by atoms with E-state index in [1.54, 1.807) is 18.3 Å². The van der Waals surface area contributed by atoms with Gasteiger partial charge in [-0.25, -0.2) is 4.39 Å². The van der Waals surface area contributed by atoms with Gasteiger partial charge in [-0.05, 0) is 121 Å². The summed E-state index contributed by atoms with van der Waals surface area (Å²) in [6, 6.07) is 20.8. The largest absolute Gasteiger partial charge is 0.508 e. The molecule has 4 aliphatic heterocycles. The number of carbonyl (C=O) groups is 1. The van der Waals surface area contributed by atoms with Crippen LogP contribution in [0.3, 0.4) is 0 Å². The monoisotopic (exact) mass is 992 g/mol. The number of aromatic hydroxyl groups is 3. The van der Waals surface area contributed by atoms with Gasteiger partial charge in [0.15, 0.2) is 5.82 Å². The van der Waals surface area contributed by atoms with Crippen molar-refractivity contribution in [3.63, 3.8) is 0 Å². The van der Waals surface area contributed by atoms with Crippen LogP contribution in [-0.2, 0) is 24.4 Å². The third kappa shape index (κ3) is 11.5. The van der Waals surface area contributed by atoms with Crippen LogP contribution >= 0.6 is 0 Å². The van der Waals surface area contributed by atoms with Crippen LogP contribution in [0.25, 0.3) is 32.9 Å². The minimum atomic E-state index is -0.579. The number of anilines is 1. The lowest BCUT2D eigenvalue weighted by molar-refractivity contribution is -0.118. The molecule has 0 radical (unpaired) electrons. The molecule has 1 unspecified atom stereocenters. The second-order valence-corrected chi connectivity index (χ2v) is 21.7. The maximum absolute atomic E-state index is 16.9. The number of aromatic nitrogens is 3. The van der Waals surface area contributed by atoms with E-state index in [4.69, 9.17) is 20.4 Å². The molecule has 1 atom stereocenters. The van der Waals surface area contributed by atoms with Gasteiger partial charge in [0, 0.05) is 101 Å². The van der Waals surface area contributed by atoms with Crippen molar-refractivity contribution < 1.29 is 29.2 Å². The normalized spacial score (nSPS) is 19.5. The standard InChI is InChI=1S/C48H56FN9O3.C10H14O2/c49-43-44(41-23-39(60)22-35-5-1-2-7-40(35)41)51-24-42-45(43)52-47(53-46(42)58-14-4-3-6-38(50)29-58)61-31-48(12-13-48)30-56-19-17-55(18-20-56)25-33-10-15-54(16-11-33)26-34-8-9-36-27-57(32-59)28-37(36)21-34;1-6(2)8-4-7(3)9(11)5-10(8)12/h1-5,7-9,21-24,32-33,38,60H,6,10-20,25-31,50H2;4-6,11-12H,1-3H3. The number of phenolic OH excluding ortho intramolecular Hbond substituents is 3. The van der Waals surface area contributed by atoms with E-state index < -0.39 is 5.82 Å². The molecule has 6 aromatic rings. The zero-order valence-corrected chi connectivity index (χ0v) is 42.5. The molecule has 1 saturated carbocycles. The summed E-state index contributed by atoms with van der Waals surface area (Å²) in [5.41, 5.74) is 12.8. The van der Waals surface area contributed by atoms with Crippen LogP contribution in [-0.4, -0.2) is 134 Å². The summed E-state index contributed by atoms with van der Waals surface area (Å²) in [7, 11) is 0. The maximum atomic E-state index is 16.9. The quantitative estimate of drug-likeness (QED) is 0.0643. The molecule has 11 rings (SSSR count). The van der Waals surface area contributed by atoms with Gasteiger partial charge >= 0.3 is 6.01 Å². The summed E-state index contributed by atoms with van der Waals surface area (Å²) in [4.78, 5) is 37.3. The van der Waals surface area contributed by atoms with Gasteiger partial charge in [0.2, 0.25) is 6.41 Å². The predicted molar refractivity (Wildman–Crippen MR) is 284 cm³/mol. The van der Waals surface area contributed by atoms with Gasteiger partial charge in [-0.2, -0.15) is 9.97 Å². The van der Waals surface area contributed by atoms with Crippen molar-refractivity contribution in [2.24, 2.45) is 17.1 Å². The molecule has 73 heavy (non-hydrogen) atoms. The number of ether oxygens (including phenoxy) is 1. The molecular weight excluding hydrogens is 922 g/mol. The summed E-state index contributed by atoms with van der Waals surface area (Å²) < 4.78 is 23.3. The lowest BCUT2D eigenvalue weighted by Gasteiger charge is -2.39. The van der Waals surface area contributed by atoms with E-state index in [2.05, 4.69) is 54.9 Å². The van der Waals surface area contributed by atoms with E-state index in [0.717, 1.165) is 119 Å². The van der Waals surface area contributed by atoms with E-state index in [9.17, 15) is 20.1 Å². The summed E-state index contributed by atoms with van der Waals surface area (Å²) in [5, 5.41) is 31.3. The van der Waals surface area contributed by atoms with E-state index in [-0.39, 0.29) is 51.8 Å². The van der Waals surface area contributed by atoms with Crippen molar-refractivity contribution in [1.29, 1.82) is 0 Å². The molecular formula is C58H70FN9O5. The number of piperidine rings is 1. The molecule has 4 aromatic carbocycles. The highest BCUT2D eigenvalue weighted by atomic mass is 19.1. The Morgan fingerprint density at radius 2 is 1.63 bits per heavy atom. The number of fused-ring (bicyclic) bond motifs is 3. The second-order valence-electron chi connectivity index (χ2n) is 21.7. The van der Waals surface area contributed by atoms with Gasteiger partial charge in [-0.15, -0.1) is 0 Å². The fourth-order valence-electron chi connectivity index (χ4n) is 11.2. The minimum Gasteiger partial charge on any atom is -0.508 e. The third-order valence-corrected chi connectivity index (χ3v) is 15.7. The first kappa shape index (κ1) is 50.2. The highest BCUT2D eigenvalue weighted by Gasteiger charge is 2.45. The Morgan fingerprint density at radius 3 is 2.40 bits per heavy atom. The molecule has 2 aromatic heterocycles. The van der Waals surface area contributed by atoms with Crippen LogP contribution in [0.1, 0.15) is 79.7 Å². The SMILES string of the molecule is Cc1cc(C(C)C)c(O)cc1O.NC1CC=CCN(c2nc(OCC3(CN4CCN(CC5CCN(Cc6ccc7c(c6)CN(C=O)C7)CC5)CC4)CC3)nc3c(F)c(-c4cc(O)cc5ccccc45)ncc23)C1. The van der Waals surface area contributed by atoms with Gasteiger partial charge in [0.05, 0.1) is 12.0 Å². The molecule has 384 valence electrons. The lowest BCUT2D eigenvalue weighted by Crippen LogP contribution is -2.50. The third-order valence-electron chi connectivity index (χ3n) is 15.7. The number of likely N-dealkylation sites (tertiary alicyclic amines) is 1. The molecule has 1 amide bonds. The molecule has 5 N–H and O–H groups in total. The number of benzene rings is 4. The van der Waals surface area contributed by atoms with Gasteiger partial charge in [0.25, 0.3) is 0 Å². The number of carbonyl (C=O) groups excluding carboxylic acids is 1. The molecule has 15 heteroatoms. The number of nitrogens with two attached hydrogens (primary N) is 1. The first-order valence-electron chi connectivity index (χ1n) is 26.2. The molecule has 1 aliphatic carbocycles. The van der Waals surface area contributed by atoms with E-state index in [1.165, 1.54) is 42.1 Å². The van der Waals surface area contributed by atoms with Crippen molar-refractivity contribution in [1.82, 2.24) is 34.6 Å². The van der Waals surface area contributed by atoms with Crippen LogP contribution in [0.15, 0.2) is 85.1 Å². The Balaban J connectivity index is 0.000000450. The fourth-order valence-corrected chi connectivity index (χ4v) is 11.2. The molecule has 14 nitrogen and oxygen atoms in total. The predicted octanol–water partition coefficient (Wildman–Crippen LogP) is 8.47. The molecule has 2 saturated heterocycles. The lowest BCUT2D eigenvalue weighted by atomic mass is 9.95. The first-order chi connectivity index (χ1) is 35.3. The second kappa shape index (κ2) is 21.6. The number of piperazine rings is 1. The number of aryl methyl sites for hydroxylation is 1. The number of phenols is 3. The number of hydrogen-bond acceptors (Lipinski definition) is 13. The number of amides is 1. The number of pyridine rings is 1. The number of hydrogen-bond donors (Lipinski definition) is 4.